The summed E-state index contributed by atoms with van der Waals surface area (Å²) in [4.78, 5) is 45.8. The van der Waals surface area contributed by atoms with Crippen LogP contribution in [0.25, 0.3) is 11.0 Å². The van der Waals surface area contributed by atoms with Crippen molar-refractivity contribution in [2.24, 2.45) is 0 Å². The van der Waals surface area contributed by atoms with Gasteiger partial charge in [-0.05, 0) is 43.7 Å². The first-order valence-corrected chi connectivity index (χ1v) is 12.0. The number of esters is 1. The molecule has 0 saturated heterocycles. The number of fused-ring (bicyclic) bond motifs is 2. The van der Waals surface area contributed by atoms with Gasteiger partial charge in [0.1, 0.15) is 10.5 Å². The Bertz CT molecular complexity index is 1570. The number of thiazole rings is 1. The Balaban J connectivity index is 1.77. The molecule has 0 N–H and O–H groups in total. The monoisotopic (exact) mass is 506 g/mol. The molecule has 0 spiro atoms. The predicted molar refractivity (Wildman–Crippen MR) is 133 cm³/mol. The van der Waals surface area contributed by atoms with Crippen LogP contribution in [0.2, 0.25) is 0 Å². The Morgan fingerprint density at radius 1 is 1.14 bits per heavy atom. The van der Waals surface area contributed by atoms with Gasteiger partial charge < -0.3 is 18.6 Å². The van der Waals surface area contributed by atoms with E-state index in [1.54, 1.807) is 49.4 Å². The van der Waals surface area contributed by atoms with Crippen LogP contribution in [0.5, 0.6) is 11.5 Å². The van der Waals surface area contributed by atoms with Gasteiger partial charge in [0.15, 0.2) is 22.1 Å². The summed E-state index contributed by atoms with van der Waals surface area (Å²) >= 11 is 1.01. The van der Waals surface area contributed by atoms with E-state index < -0.39 is 17.9 Å². The number of rotatable bonds is 6. The van der Waals surface area contributed by atoms with E-state index in [4.69, 9.17) is 18.6 Å². The molecule has 1 aliphatic heterocycles. The largest absolute Gasteiger partial charge is 0.493 e. The molecule has 9 nitrogen and oxygen atoms in total. The van der Waals surface area contributed by atoms with Gasteiger partial charge >= 0.3 is 5.97 Å². The Morgan fingerprint density at radius 3 is 2.64 bits per heavy atom. The van der Waals surface area contributed by atoms with Gasteiger partial charge in [0.25, 0.3) is 5.91 Å². The molecule has 0 fully saturated rings. The maximum atomic E-state index is 13.7. The Kier molecular flexibility index (Phi) is 5.97. The lowest BCUT2D eigenvalue weighted by Crippen LogP contribution is -2.29. The van der Waals surface area contributed by atoms with Crippen molar-refractivity contribution in [3.8, 4) is 11.5 Å². The van der Waals surface area contributed by atoms with Gasteiger partial charge in [0, 0.05) is 0 Å². The highest BCUT2D eigenvalue weighted by Crippen LogP contribution is 2.44. The number of amides is 1. The zero-order valence-electron chi connectivity index (χ0n) is 20.0. The second-order valence-corrected chi connectivity index (χ2v) is 8.97. The summed E-state index contributed by atoms with van der Waals surface area (Å²) in [6, 6.07) is 11.1. The van der Waals surface area contributed by atoms with Crippen molar-refractivity contribution < 1.29 is 28.2 Å². The van der Waals surface area contributed by atoms with Crippen molar-refractivity contribution in [1.82, 2.24) is 4.98 Å². The number of carbonyl (C=O) groups is 2. The van der Waals surface area contributed by atoms with Crippen LogP contribution in [0.3, 0.4) is 0 Å². The van der Waals surface area contributed by atoms with Crippen LogP contribution >= 0.6 is 11.3 Å². The molecule has 0 radical (unpaired) electrons. The van der Waals surface area contributed by atoms with E-state index >= 15 is 0 Å². The molecule has 2 aromatic carbocycles. The molecule has 2 aromatic heterocycles. The lowest BCUT2D eigenvalue weighted by atomic mass is 9.98. The SMILES string of the molecule is CCOc1ccc([C@H]2c3c(oc4ccccc4c3=O)C(=O)N2c2nc(C)c(C(=O)OC)s2)cc1OC. The van der Waals surface area contributed by atoms with Gasteiger partial charge in [-0.2, -0.15) is 0 Å². The van der Waals surface area contributed by atoms with Gasteiger partial charge in [-0.3, -0.25) is 14.5 Å². The third kappa shape index (κ3) is 3.61. The smallest absolute Gasteiger partial charge is 0.350 e. The lowest BCUT2D eigenvalue weighted by Gasteiger charge is -2.23. The highest BCUT2D eigenvalue weighted by molar-refractivity contribution is 7.17. The summed E-state index contributed by atoms with van der Waals surface area (Å²) in [5.74, 6) is -0.172. The Labute approximate surface area is 209 Å². The number of ether oxygens (including phenoxy) is 3. The molecule has 1 amide bonds. The first-order valence-electron chi connectivity index (χ1n) is 11.1. The van der Waals surface area contributed by atoms with E-state index in [0.717, 1.165) is 11.3 Å². The van der Waals surface area contributed by atoms with Crippen LogP contribution in [-0.4, -0.2) is 37.7 Å². The first kappa shape index (κ1) is 23.6. The first-order chi connectivity index (χ1) is 17.4. The number of aromatic nitrogens is 1. The Morgan fingerprint density at radius 2 is 1.92 bits per heavy atom. The fraction of sp³-hybridized carbons (Fsp3) is 0.231. The number of methoxy groups -OCH3 is 2. The van der Waals surface area contributed by atoms with Crippen LogP contribution in [0.1, 0.15) is 50.0 Å². The number of hydrogen-bond donors (Lipinski definition) is 0. The van der Waals surface area contributed by atoms with Crippen LogP contribution in [0.4, 0.5) is 5.13 Å². The minimum atomic E-state index is -0.867. The standard InChI is InChI=1S/C26H22N2O7S/c1-5-34-17-11-10-14(12-18(17)32-3)20-19-21(29)15-8-6-7-9-16(15)35-22(19)24(30)28(20)26-27-13(2)23(36-26)25(31)33-4/h6-12,20H,5H2,1-4H3/t20-/m0/s1. The molecule has 3 heterocycles. The molecular formula is C26H22N2O7S. The van der Waals surface area contributed by atoms with Crippen molar-refractivity contribution >= 4 is 39.3 Å². The zero-order chi connectivity index (χ0) is 25.6. The molecule has 10 heteroatoms. The summed E-state index contributed by atoms with van der Waals surface area (Å²) < 4.78 is 22.0. The van der Waals surface area contributed by atoms with E-state index in [1.165, 1.54) is 19.1 Å². The number of para-hydroxylation sites is 1. The average Bonchev–Trinajstić information content (AvgIpc) is 3.41. The number of carbonyl (C=O) groups excluding carboxylic acids is 2. The number of anilines is 1. The minimum Gasteiger partial charge on any atom is -0.493 e. The van der Waals surface area contributed by atoms with Crippen molar-refractivity contribution in [2.75, 3.05) is 25.7 Å². The van der Waals surface area contributed by atoms with Crippen molar-refractivity contribution in [1.29, 1.82) is 0 Å². The van der Waals surface area contributed by atoms with Gasteiger partial charge in [-0.1, -0.05) is 29.5 Å². The van der Waals surface area contributed by atoms with Crippen molar-refractivity contribution in [3.63, 3.8) is 0 Å². The second kappa shape index (κ2) is 9.12. The molecule has 5 rings (SSSR count). The second-order valence-electron chi connectivity index (χ2n) is 7.99. The van der Waals surface area contributed by atoms with Gasteiger partial charge in [-0.15, -0.1) is 0 Å². The van der Waals surface area contributed by atoms with E-state index in [0.29, 0.717) is 40.3 Å². The van der Waals surface area contributed by atoms with Gasteiger partial charge in [-0.25, -0.2) is 9.78 Å². The fourth-order valence-electron chi connectivity index (χ4n) is 4.33. The van der Waals surface area contributed by atoms with Gasteiger partial charge in [0.05, 0.1) is 43.5 Å². The quantitative estimate of drug-likeness (QED) is 0.352. The molecule has 0 saturated carbocycles. The third-order valence-electron chi connectivity index (χ3n) is 5.94. The lowest BCUT2D eigenvalue weighted by molar-refractivity contribution is 0.0605. The Hall–Kier alpha value is -4.18. The highest BCUT2D eigenvalue weighted by Gasteiger charge is 2.45. The maximum Gasteiger partial charge on any atom is 0.350 e. The number of benzene rings is 2. The molecule has 4 aromatic rings. The van der Waals surface area contributed by atoms with Crippen LogP contribution in [-0.2, 0) is 4.74 Å². The molecule has 184 valence electrons. The van der Waals surface area contributed by atoms with Gasteiger partial charge in [0.2, 0.25) is 5.76 Å². The molecular weight excluding hydrogens is 484 g/mol. The normalized spacial score (nSPS) is 14.7. The summed E-state index contributed by atoms with van der Waals surface area (Å²) in [5.41, 5.74) is 1.19. The summed E-state index contributed by atoms with van der Waals surface area (Å²) in [7, 11) is 2.79. The van der Waals surface area contributed by atoms with E-state index in [9.17, 15) is 14.4 Å². The predicted octanol–water partition coefficient (Wildman–Crippen LogP) is 4.50. The fourth-order valence-corrected chi connectivity index (χ4v) is 5.34. The highest BCUT2D eigenvalue weighted by atomic mass is 32.1. The number of aryl methyl sites for hydroxylation is 1. The zero-order valence-corrected chi connectivity index (χ0v) is 20.8. The molecule has 0 unspecified atom stereocenters. The van der Waals surface area contributed by atoms with Crippen LogP contribution in [0.15, 0.2) is 51.7 Å². The maximum absolute atomic E-state index is 13.7. The van der Waals surface area contributed by atoms with Crippen LogP contribution < -0.4 is 19.8 Å². The minimum absolute atomic E-state index is 0.0657. The van der Waals surface area contributed by atoms with E-state index in [1.807, 2.05) is 6.92 Å². The third-order valence-corrected chi connectivity index (χ3v) is 7.08. The summed E-state index contributed by atoms with van der Waals surface area (Å²) in [6.07, 6.45) is 0. The van der Waals surface area contributed by atoms with E-state index in [-0.39, 0.29) is 26.8 Å². The molecule has 1 atom stereocenters. The average molecular weight is 507 g/mol. The summed E-state index contributed by atoms with van der Waals surface area (Å²) in [6.45, 7) is 3.96. The van der Waals surface area contributed by atoms with Crippen LogP contribution in [0, 0.1) is 6.92 Å². The number of nitrogens with zero attached hydrogens (tertiary/aromatic N) is 2. The summed E-state index contributed by atoms with van der Waals surface area (Å²) in [5, 5.41) is 0.602. The molecule has 0 aliphatic carbocycles. The topological polar surface area (TPSA) is 108 Å². The van der Waals surface area contributed by atoms with Crippen molar-refractivity contribution in [2.45, 2.75) is 19.9 Å². The molecule has 36 heavy (non-hydrogen) atoms. The molecule has 0 bridgehead atoms. The molecule has 1 aliphatic rings. The van der Waals surface area contributed by atoms with Crippen molar-refractivity contribution in [3.05, 3.63) is 80.1 Å². The number of hydrogen-bond acceptors (Lipinski definition) is 9. The van der Waals surface area contributed by atoms with E-state index in [2.05, 4.69) is 4.98 Å².